The van der Waals surface area contributed by atoms with Crippen molar-refractivity contribution < 1.29 is 4.79 Å². The van der Waals surface area contributed by atoms with Gasteiger partial charge in [0.2, 0.25) is 5.91 Å². The number of aromatic amines is 1. The number of carbonyl (C=O) groups excluding carboxylic acids is 1. The van der Waals surface area contributed by atoms with Crippen molar-refractivity contribution in [1.29, 1.82) is 0 Å². The fraction of sp³-hybridized carbons (Fsp3) is 0.545. The minimum absolute atomic E-state index is 0.153. The minimum atomic E-state index is 0.153. The first-order valence-electron chi connectivity index (χ1n) is 5.31. The molecular weight excluding hydrogens is 190 g/mol. The van der Waals surface area contributed by atoms with Crippen LogP contribution in [0.1, 0.15) is 25.6 Å². The smallest absolute Gasteiger partial charge is 0.219 e. The van der Waals surface area contributed by atoms with Crippen LogP contribution in [-0.4, -0.2) is 34.9 Å². The van der Waals surface area contributed by atoms with Gasteiger partial charge < -0.3 is 15.2 Å². The number of piperazine rings is 1. The average Bonchev–Trinajstić information content (AvgIpc) is 2.69. The second-order valence-electron chi connectivity index (χ2n) is 4.17. The zero-order valence-corrected chi connectivity index (χ0v) is 9.16. The lowest BCUT2D eigenvalue weighted by Gasteiger charge is -2.36. The van der Waals surface area contributed by atoms with Crippen molar-refractivity contribution in [3.8, 4) is 0 Å². The standard InChI is InChI=1S/C11H17N3O/c1-8-6-14(9(2)15)7-11(13-8)10-4-3-5-12-10/h3-5,8,11-13H,6-7H2,1-2H3. The molecule has 1 fully saturated rings. The highest BCUT2D eigenvalue weighted by Gasteiger charge is 2.26. The predicted molar refractivity (Wildman–Crippen MR) is 58.4 cm³/mol. The number of aromatic nitrogens is 1. The molecule has 1 aliphatic rings. The molecule has 1 saturated heterocycles. The van der Waals surface area contributed by atoms with Crippen molar-refractivity contribution in [2.75, 3.05) is 13.1 Å². The van der Waals surface area contributed by atoms with E-state index in [-0.39, 0.29) is 11.9 Å². The number of amides is 1. The molecule has 2 unspecified atom stereocenters. The first-order chi connectivity index (χ1) is 7.16. The highest BCUT2D eigenvalue weighted by Crippen LogP contribution is 2.17. The van der Waals surface area contributed by atoms with Crippen LogP contribution in [0.15, 0.2) is 18.3 Å². The van der Waals surface area contributed by atoms with Crippen LogP contribution in [0.25, 0.3) is 0 Å². The van der Waals surface area contributed by atoms with Gasteiger partial charge in [0, 0.05) is 37.9 Å². The molecule has 4 nitrogen and oxygen atoms in total. The Balaban J connectivity index is 2.10. The summed E-state index contributed by atoms with van der Waals surface area (Å²) in [5.41, 5.74) is 1.15. The Labute approximate surface area is 89.7 Å². The van der Waals surface area contributed by atoms with E-state index in [0.717, 1.165) is 18.8 Å². The van der Waals surface area contributed by atoms with E-state index >= 15 is 0 Å². The number of carbonyl (C=O) groups is 1. The van der Waals surface area contributed by atoms with E-state index in [1.807, 2.05) is 23.2 Å². The summed E-state index contributed by atoms with van der Waals surface area (Å²) in [4.78, 5) is 16.4. The summed E-state index contributed by atoms with van der Waals surface area (Å²) in [7, 11) is 0. The third-order valence-corrected chi connectivity index (χ3v) is 2.83. The molecule has 1 aromatic heterocycles. The van der Waals surface area contributed by atoms with Gasteiger partial charge in [-0.15, -0.1) is 0 Å². The number of H-pyrrole nitrogens is 1. The third-order valence-electron chi connectivity index (χ3n) is 2.83. The van der Waals surface area contributed by atoms with Crippen LogP contribution in [-0.2, 0) is 4.79 Å². The van der Waals surface area contributed by atoms with E-state index < -0.39 is 0 Å². The molecule has 1 aromatic rings. The number of hydrogen-bond donors (Lipinski definition) is 2. The fourth-order valence-corrected chi connectivity index (χ4v) is 2.08. The van der Waals surface area contributed by atoms with Crippen molar-refractivity contribution in [2.45, 2.75) is 25.9 Å². The first-order valence-corrected chi connectivity index (χ1v) is 5.31. The molecule has 15 heavy (non-hydrogen) atoms. The second kappa shape index (κ2) is 4.06. The van der Waals surface area contributed by atoms with Gasteiger partial charge in [0.1, 0.15) is 0 Å². The maximum Gasteiger partial charge on any atom is 0.219 e. The molecule has 0 aliphatic carbocycles. The Morgan fingerprint density at radius 1 is 1.53 bits per heavy atom. The Morgan fingerprint density at radius 3 is 2.93 bits per heavy atom. The number of nitrogens with zero attached hydrogens (tertiary/aromatic N) is 1. The van der Waals surface area contributed by atoms with Gasteiger partial charge in [-0.3, -0.25) is 4.79 Å². The van der Waals surface area contributed by atoms with Crippen molar-refractivity contribution in [1.82, 2.24) is 15.2 Å². The lowest BCUT2D eigenvalue weighted by molar-refractivity contribution is -0.130. The van der Waals surface area contributed by atoms with Gasteiger partial charge >= 0.3 is 0 Å². The van der Waals surface area contributed by atoms with Gasteiger partial charge in [-0.1, -0.05) is 0 Å². The molecule has 82 valence electrons. The minimum Gasteiger partial charge on any atom is -0.364 e. The molecule has 0 saturated carbocycles. The Bertz CT molecular complexity index is 334. The lowest BCUT2D eigenvalue weighted by atomic mass is 10.1. The van der Waals surface area contributed by atoms with Gasteiger partial charge in [0.05, 0.1) is 6.04 Å². The maximum atomic E-state index is 11.3. The predicted octanol–water partition coefficient (Wildman–Crippen LogP) is 0.896. The number of hydrogen-bond acceptors (Lipinski definition) is 2. The molecule has 0 radical (unpaired) electrons. The van der Waals surface area contributed by atoms with Crippen LogP contribution in [0.2, 0.25) is 0 Å². The van der Waals surface area contributed by atoms with Crippen LogP contribution >= 0.6 is 0 Å². The van der Waals surface area contributed by atoms with E-state index in [2.05, 4.69) is 17.2 Å². The summed E-state index contributed by atoms with van der Waals surface area (Å²) >= 11 is 0. The van der Waals surface area contributed by atoms with Crippen molar-refractivity contribution in [2.24, 2.45) is 0 Å². The molecule has 1 aliphatic heterocycles. The molecule has 2 N–H and O–H groups in total. The molecule has 0 bridgehead atoms. The number of nitrogens with one attached hydrogen (secondary N) is 2. The molecule has 2 heterocycles. The maximum absolute atomic E-state index is 11.3. The molecule has 4 heteroatoms. The Morgan fingerprint density at radius 2 is 2.33 bits per heavy atom. The summed E-state index contributed by atoms with van der Waals surface area (Å²) in [6.07, 6.45) is 1.91. The van der Waals surface area contributed by atoms with Gasteiger partial charge in [-0.2, -0.15) is 0 Å². The fourth-order valence-electron chi connectivity index (χ4n) is 2.08. The topological polar surface area (TPSA) is 48.1 Å². The molecule has 0 aromatic carbocycles. The summed E-state index contributed by atoms with van der Waals surface area (Å²) in [5, 5.41) is 3.48. The average molecular weight is 207 g/mol. The SMILES string of the molecule is CC(=O)N1CC(C)NC(c2ccc[nH]2)C1. The quantitative estimate of drug-likeness (QED) is 0.718. The first kappa shape index (κ1) is 10.2. The monoisotopic (exact) mass is 207 g/mol. The van der Waals surface area contributed by atoms with Crippen molar-refractivity contribution in [3.63, 3.8) is 0 Å². The molecule has 2 rings (SSSR count). The lowest BCUT2D eigenvalue weighted by Crippen LogP contribution is -2.52. The van der Waals surface area contributed by atoms with E-state index in [4.69, 9.17) is 0 Å². The zero-order chi connectivity index (χ0) is 10.8. The van der Waals surface area contributed by atoms with Crippen LogP contribution in [0.4, 0.5) is 0 Å². The molecule has 1 amide bonds. The second-order valence-corrected chi connectivity index (χ2v) is 4.17. The molecule has 0 spiro atoms. The number of rotatable bonds is 1. The zero-order valence-electron chi connectivity index (χ0n) is 9.16. The van der Waals surface area contributed by atoms with E-state index in [0.29, 0.717) is 6.04 Å². The van der Waals surface area contributed by atoms with Gasteiger partial charge in [-0.05, 0) is 19.1 Å². The Kier molecular flexibility index (Phi) is 2.77. The van der Waals surface area contributed by atoms with E-state index in [1.54, 1.807) is 6.92 Å². The van der Waals surface area contributed by atoms with Crippen LogP contribution in [0.5, 0.6) is 0 Å². The molecular formula is C11H17N3O. The van der Waals surface area contributed by atoms with Crippen LogP contribution in [0.3, 0.4) is 0 Å². The summed E-state index contributed by atoms with van der Waals surface area (Å²) in [5.74, 6) is 0.153. The summed E-state index contributed by atoms with van der Waals surface area (Å²) in [6.45, 7) is 5.28. The van der Waals surface area contributed by atoms with Crippen LogP contribution in [0, 0.1) is 0 Å². The highest BCUT2D eigenvalue weighted by atomic mass is 16.2. The highest BCUT2D eigenvalue weighted by molar-refractivity contribution is 5.73. The van der Waals surface area contributed by atoms with Gasteiger partial charge in [-0.25, -0.2) is 0 Å². The van der Waals surface area contributed by atoms with Gasteiger partial charge in [0.25, 0.3) is 0 Å². The largest absolute Gasteiger partial charge is 0.364 e. The van der Waals surface area contributed by atoms with Crippen LogP contribution < -0.4 is 5.32 Å². The Hall–Kier alpha value is -1.29. The normalized spacial score (nSPS) is 26.7. The van der Waals surface area contributed by atoms with Crippen molar-refractivity contribution in [3.05, 3.63) is 24.0 Å². The molecule has 2 atom stereocenters. The summed E-state index contributed by atoms with van der Waals surface area (Å²) in [6, 6.07) is 4.60. The van der Waals surface area contributed by atoms with Gasteiger partial charge in [0.15, 0.2) is 0 Å². The summed E-state index contributed by atoms with van der Waals surface area (Å²) < 4.78 is 0. The third kappa shape index (κ3) is 2.21. The van der Waals surface area contributed by atoms with E-state index in [9.17, 15) is 4.79 Å². The van der Waals surface area contributed by atoms with E-state index in [1.165, 1.54) is 0 Å². The van der Waals surface area contributed by atoms with Crippen molar-refractivity contribution >= 4 is 5.91 Å².